The Hall–Kier alpha value is -1.99. The summed E-state index contributed by atoms with van der Waals surface area (Å²) in [6, 6.07) is 0. The third kappa shape index (κ3) is 3.21. The Labute approximate surface area is 152 Å². The predicted molar refractivity (Wildman–Crippen MR) is 89.9 cm³/mol. The molecule has 26 heavy (non-hydrogen) atoms. The normalized spacial score (nSPS) is 41.7. The van der Waals surface area contributed by atoms with Crippen molar-refractivity contribution in [3.63, 3.8) is 0 Å². The number of fused-ring (bicyclic) bond motifs is 2. The van der Waals surface area contributed by atoms with Gasteiger partial charge in [0.2, 0.25) is 0 Å². The number of rotatable bonds is 2. The first-order chi connectivity index (χ1) is 12.0. The molecule has 0 bridgehead atoms. The summed E-state index contributed by atoms with van der Waals surface area (Å²) in [5.41, 5.74) is -0.865. The standard InChI is InChI=1S/C19H24O7/c1-8(2)17(21)25-12-7-19(5,23)16-15(26-16)14(20)9(3)6-11-13(12)10(4)18(22)24-11/h6,8,11-13,15-16,23H,4,7H2,1-3,5H3/b9-6+/t11-,12+,13-,15-,16+,19+/m0/s1. The number of esters is 2. The van der Waals surface area contributed by atoms with Crippen LogP contribution in [0.15, 0.2) is 23.8 Å². The summed E-state index contributed by atoms with van der Waals surface area (Å²) in [5.74, 6) is -2.33. The van der Waals surface area contributed by atoms with Gasteiger partial charge in [0.05, 0.1) is 17.4 Å². The molecule has 7 nitrogen and oxygen atoms in total. The Bertz CT molecular complexity index is 703. The van der Waals surface area contributed by atoms with Crippen LogP contribution in [0.2, 0.25) is 0 Å². The highest BCUT2D eigenvalue weighted by atomic mass is 16.6. The molecule has 7 heteroatoms. The van der Waals surface area contributed by atoms with E-state index >= 15 is 0 Å². The minimum absolute atomic E-state index is 0.00359. The maximum Gasteiger partial charge on any atom is 0.334 e. The second-order valence-corrected chi connectivity index (χ2v) is 7.80. The molecular formula is C19H24O7. The van der Waals surface area contributed by atoms with Gasteiger partial charge < -0.3 is 19.3 Å². The number of ketones is 1. The second-order valence-electron chi connectivity index (χ2n) is 7.80. The second kappa shape index (κ2) is 6.32. The zero-order valence-corrected chi connectivity index (χ0v) is 15.4. The molecule has 0 radical (unpaired) electrons. The molecule has 1 N–H and O–H groups in total. The van der Waals surface area contributed by atoms with E-state index in [9.17, 15) is 19.5 Å². The zero-order valence-electron chi connectivity index (χ0n) is 15.4. The fraction of sp³-hybridized carbons (Fsp3) is 0.632. The Balaban J connectivity index is 2.02. The van der Waals surface area contributed by atoms with Crippen LogP contribution in [0.25, 0.3) is 0 Å². The zero-order chi connectivity index (χ0) is 19.4. The number of epoxide rings is 1. The molecule has 2 aliphatic heterocycles. The fourth-order valence-electron chi connectivity index (χ4n) is 3.57. The lowest BCUT2D eigenvalue weighted by Crippen LogP contribution is -2.44. The van der Waals surface area contributed by atoms with Gasteiger partial charge >= 0.3 is 11.9 Å². The molecule has 0 spiro atoms. The molecule has 0 aromatic rings. The van der Waals surface area contributed by atoms with E-state index in [1.807, 2.05) is 0 Å². The monoisotopic (exact) mass is 364 g/mol. The van der Waals surface area contributed by atoms with Crippen molar-refractivity contribution in [1.29, 1.82) is 0 Å². The van der Waals surface area contributed by atoms with E-state index in [-0.39, 0.29) is 23.7 Å². The van der Waals surface area contributed by atoms with Crippen LogP contribution < -0.4 is 0 Å². The van der Waals surface area contributed by atoms with E-state index in [0.717, 1.165) is 0 Å². The SMILES string of the molecule is C=C1C(=O)O[C@H]2/C=C(\C)C(=O)[C@@H]3O[C@H]3[C@](C)(O)C[C@@H](OC(=O)C(C)C)[C@@H]12. The molecule has 6 atom stereocenters. The molecule has 2 heterocycles. The number of hydrogen-bond acceptors (Lipinski definition) is 7. The van der Waals surface area contributed by atoms with E-state index < -0.39 is 47.9 Å². The van der Waals surface area contributed by atoms with E-state index in [1.54, 1.807) is 26.8 Å². The third-order valence-electron chi connectivity index (χ3n) is 5.18. The Kier molecular flexibility index (Phi) is 4.56. The molecular weight excluding hydrogens is 340 g/mol. The van der Waals surface area contributed by atoms with Crippen LogP contribution in [0.4, 0.5) is 0 Å². The van der Waals surface area contributed by atoms with Gasteiger partial charge in [0.1, 0.15) is 24.4 Å². The Morgan fingerprint density at radius 1 is 1.42 bits per heavy atom. The van der Waals surface area contributed by atoms with Crippen molar-refractivity contribution in [1.82, 2.24) is 0 Å². The molecule has 0 aromatic heterocycles. The topological polar surface area (TPSA) is 102 Å². The Morgan fingerprint density at radius 3 is 2.69 bits per heavy atom. The van der Waals surface area contributed by atoms with Crippen LogP contribution in [0.1, 0.15) is 34.1 Å². The van der Waals surface area contributed by atoms with Crippen molar-refractivity contribution in [2.75, 3.05) is 0 Å². The molecule has 2 fully saturated rings. The van der Waals surface area contributed by atoms with Crippen molar-refractivity contribution < 1.29 is 33.7 Å². The van der Waals surface area contributed by atoms with Crippen molar-refractivity contribution in [3.05, 3.63) is 23.8 Å². The summed E-state index contributed by atoms with van der Waals surface area (Å²) in [7, 11) is 0. The number of carbonyl (C=O) groups excluding carboxylic acids is 3. The van der Waals surface area contributed by atoms with Gasteiger partial charge in [-0.3, -0.25) is 9.59 Å². The van der Waals surface area contributed by atoms with E-state index in [1.165, 1.54) is 6.92 Å². The average Bonchev–Trinajstić information content (AvgIpc) is 3.29. The maximum atomic E-state index is 12.4. The van der Waals surface area contributed by atoms with Crippen molar-refractivity contribution in [2.24, 2.45) is 11.8 Å². The highest BCUT2D eigenvalue weighted by molar-refractivity contribution is 6.01. The summed E-state index contributed by atoms with van der Waals surface area (Å²) < 4.78 is 16.4. The Morgan fingerprint density at radius 2 is 2.08 bits per heavy atom. The summed E-state index contributed by atoms with van der Waals surface area (Å²) in [5, 5.41) is 10.9. The van der Waals surface area contributed by atoms with Gasteiger partial charge in [-0.1, -0.05) is 20.4 Å². The van der Waals surface area contributed by atoms with Gasteiger partial charge in [0.15, 0.2) is 5.78 Å². The highest BCUT2D eigenvalue weighted by Gasteiger charge is 2.58. The van der Waals surface area contributed by atoms with Crippen molar-refractivity contribution >= 4 is 17.7 Å². The van der Waals surface area contributed by atoms with Gasteiger partial charge in [0, 0.05) is 12.0 Å². The number of carbonyl (C=O) groups is 3. The van der Waals surface area contributed by atoms with Gasteiger partial charge in [0.25, 0.3) is 0 Å². The van der Waals surface area contributed by atoms with Crippen LogP contribution in [0, 0.1) is 11.8 Å². The molecule has 1 aliphatic carbocycles. The van der Waals surface area contributed by atoms with E-state index in [0.29, 0.717) is 5.57 Å². The first kappa shape index (κ1) is 18.8. The largest absolute Gasteiger partial charge is 0.461 e. The number of aliphatic hydroxyl groups is 1. The van der Waals surface area contributed by atoms with Crippen molar-refractivity contribution in [2.45, 2.75) is 64.1 Å². The number of hydrogen-bond donors (Lipinski definition) is 1. The highest BCUT2D eigenvalue weighted by Crippen LogP contribution is 2.43. The first-order valence-corrected chi connectivity index (χ1v) is 8.73. The van der Waals surface area contributed by atoms with Crippen molar-refractivity contribution in [3.8, 4) is 0 Å². The van der Waals surface area contributed by atoms with Gasteiger partial charge in [-0.05, 0) is 25.5 Å². The number of Topliss-reactive ketones (excluding diaryl/α,β-unsaturated/α-hetero) is 1. The van der Waals surface area contributed by atoms with Gasteiger partial charge in [-0.2, -0.15) is 0 Å². The first-order valence-electron chi connectivity index (χ1n) is 8.73. The van der Waals surface area contributed by atoms with Crippen LogP contribution in [0.5, 0.6) is 0 Å². The lowest BCUT2D eigenvalue weighted by molar-refractivity contribution is -0.160. The van der Waals surface area contributed by atoms with Crippen LogP contribution in [0.3, 0.4) is 0 Å². The van der Waals surface area contributed by atoms with Crippen LogP contribution in [-0.4, -0.2) is 52.8 Å². The molecule has 0 unspecified atom stereocenters. The average molecular weight is 364 g/mol. The quantitative estimate of drug-likeness (QED) is 0.444. The predicted octanol–water partition coefficient (Wildman–Crippen LogP) is 1.09. The van der Waals surface area contributed by atoms with Gasteiger partial charge in [-0.25, -0.2) is 4.79 Å². The molecule has 142 valence electrons. The summed E-state index contributed by atoms with van der Waals surface area (Å²) >= 11 is 0. The summed E-state index contributed by atoms with van der Waals surface area (Å²) in [4.78, 5) is 36.7. The van der Waals surface area contributed by atoms with Crippen LogP contribution in [-0.2, 0) is 28.6 Å². The molecule has 0 aromatic carbocycles. The minimum Gasteiger partial charge on any atom is -0.461 e. The maximum absolute atomic E-state index is 12.4. The molecule has 2 saturated heterocycles. The summed E-state index contributed by atoms with van der Waals surface area (Å²) in [6.07, 6.45) is -1.47. The fourth-order valence-corrected chi connectivity index (χ4v) is 3.57. The molecule has 0 saturated carbocycles. The van der Waals surface area contributed by atoms with Crippen LogP contribution >= 0.6 is 0 Å². The number of ether oxygens (including phenoxy) is 3. The third-order valence-corrected chi connectivity index (χ3v) is 5.18. The summed E-state index contributed by atoms with van der Waals surface area (Å²) in [6.45, 7) is 10.3. The smallest absolute Gasteiger partial charge is 0.334 e. The van der Waals surface area contributed by atoms with Gasteiger partial charge in [-0.15, -0.1) is 0 Å². The molecule has 3 rings (SSSR count). The minimum atomic E-state index is -1.41. The van der Waals surface area contributed by atoms with E-state index in [2.05, 4.69) is 6.58 Å². The lowest BCUT2D eigenvalue weighted by atomic mass is 9.80. The lowest BCUT2D eigenvalue weighted by Gasteiger charge is -2.32. The molecule has 0 amide bonds. The van der Waals surface area contributed by atoms with E-state index in [4.69, 9.17) is 14.2 Å². The molecule has 3 aliphatic rings.